The van der Waals surface area contributed by atoms with Gasteiger partial charge in [-0.25, -0.2) is 4.39 Å². The van der Waals surface area contributed by atoms with Crippen LogP contribution in [0.4, 0.5) is 4.39 Å². The van der Waals surface area contributed by atoms with Gasteiger partial charge in [-0.3, -0.25) is 4.79 Å². The highest BCUT2D eigenvalue weighted by Crippen LogP contribution is 2.28. The molecule has 1 N–H and O–H groups in total. The fraction of sp³-hybridized carbons (Fsp3) is 0.286. The molecule has 2 aromatic carbocycles. The van der Waals surface area contributed by atoms with E-state index in [0.29, 0.717) is 6.54 Å². The van der Waals surface area contributed by atoms with E-state index < -0.39 is 0 Å². The molecule has 1 amide bonds. The van der Waals surface area contributed by atoms with Gasteiger partial charge >= 0.3 is 0 Å². The van der Waals surface area contributed by atoms with Crippen LogP contribution >= 0.6 is 0 Å². The number of hydrogen-bond acceptors (Lipinski definition) is 2. The quantitative estimate of drug-likeness (QED) is 0.738. The van der Waals surface area contributed by atoms with Crippen LogP contribution in [0.2, 0.25) is 0 Å². The van der Waals surface area contributed by atoms with Crippen molar-refractivity contribution in [2.75, 3.05) is 20.6 Å². The number of carbonyl (C=O) groups is 1. The predicted octanol–water partition coefficient (Wildman–Crippen LogP) is 3.28. The number of rotatable bonds is 6. The van der Waals surface area contributed by atoms with Crippen molar-refractivity contribution in [3.05, 3.63) is 71.7 Å². The molecule has 0 aliphatic heterocycles. The van der Waals surface area contributed by atoms with E-state index in [1.165, 1.54) is 28.6 Å². The fourth-order valence-corrected chi connectivity index (χ4v) is 3.27. The number of nitrogens with one attached hydrogen (secondary N) is 1. The Balaban J connectivity index is 1.72. The van der Waals surface area contributed by atoms with Crippen molar-refractivity contribution in [2.24, 2.45) is 7.05 Å². The Hall–Kier alpha value is -2.66. The molecule has 0 bridgehead atoms. The van der Waals surface area contributed by atoms with Crippen LogP contribution in [-0.2, 0) is 18.3 Å². The highest BCUT2D eigenvalue weighted by molar-refractivity contribution is 5.84. The molecule has 0 spiro atoms. The van der Waals surface area contributed by atoms with E-state index in [1.807, 2.05) is 33.3 Å². The normalized spacial score (nSPS) is 12.5. The summed E-state index contributed by atoms with van der Waals surface area (Å²) in [5.41, 5.74) is 3.16. The van der Waals surface area contributed by atoms with Crippen molar-refractivity contribution in [2.45, 2.75) is 12.5 Å². The van der Waals surface area contributed by atoms with Gasteiger partial charge in [0.25, 0.3) is 0 Å². The van der Waals surface area contributed by atoms with Gasteiger partial charge in [0, 0.05) is 30.7 Å². The van der Waals surface area contributed by atoms with Crippen molar-refractivity contribution in [3.63, 3.8) is 0 Å². The maximum atomic E-state index is 13.0. The van der Waals surface area contributed by atoms with Crippen molar-refractivity contribution >= 4 is 16.8 Å². The van der Waals surface area contributed by atoms with Crippen LogP contribution in [0.1, 0.15) is 17.2 Å². The summed E-state index contributed by atoms with van der Waals surface area (Å²) >= 11 is 0. The molecule has 1 aromatic heterocycles. The number of fused-ring (bicyclic) bond motifs is 1. The van der Waals surface area contributed by atoms with Crippen LogP contribution < -0.4 is 5.32 Å². The molecule has 4 nitrogen and oxygen atoms in total. The van der Waals surface area contributed by atoms with Crippen LogP contribution in [0, 0.1) is 5.82 Å². The molecule has 0 radical (unpaired) electrons. The lowest BCUT2D eigenvalue weighted by molar-refractivity contribution is -0.120. The van der Waals surface area contributed by atoms with Gasteiger partial charge in [0.15, 0.2) is 0 Å². The van der Waals surface area contributed by atoms with Crippen LogP contribution in [-0.4, -0.2) is 36.0 Å². The van der Waals surface area contributed by atoms with Crippen molar-refractivity contribution in [1.29, 1.82) is 0 Å². The van der Waals surface area contributed by atoms with E-state index in [4.69, 9.17) is 0 Å². The number of likely N-dealkylation sites (N-methyl/N-ethyl adjacent to an activating group) is 1. The molecule has 3 aromatic rings. The maximum absolute atomic E-state index is 13.0. The van der Waals surface area contributed by atoms with Gasteiger partial charge in [0.05, 0.1) is 12.5 Å². The van der Waals surface area contributed by atoms with Gasteiger partial charge < -0.3 is 14.8 Å². The Kier molecular flexibility index (Phi) is 5.38. The molecule has 0 aliphatic carbocycles. The summed E-state index contributed by atoms with van der Waals surface area (Å²) in [5.74, 6) is -0.360. The first-order valence-corrected chi connectivity index (χ1v) is 8.67. The zero-order valence-corrected chi connectivity index (χ0v) is 15.4. The number of halogens is 1. The Bertz CT molecular complexity index is 899. The van der Waals surface area contributed by atoms with E-state index in [-0.39, 0.29) is 24.2 Å². The molecule has 1 atom stereocenters. The smallest absolute Gasteiger partial charge is 0.224 e. The Morgan fingerprint density at radius 2 is 1.85 bits per heavy atom. The SMILES string of the molecule is CN(C)C(CNC(=O)Cc1ccc(F)cc1)c1cn(C)c2ccccc12. The third-order valence-corrected chi connectivity index (χ3v) is 4.68. The minimum absolute atomic E-state index is 0.0660. The Labute approximate surface area is 153 Å². The first-order chi connectivity index (χ1) is 12.5. The molecule has 0 aliphatic rings. The number of amides is 1. The molecule has 1 heterocycles. The zero-order valence-electron chi connectivity index (χ0n) is 15.4. The lowest BCUT2D eigenvalue weighted by Crippen LogP contribution is -2.35. The average Bonchev–Trinajstić information content (AvgIpc) is 2.94. The topological polar surface area (TPSA) is 37.3 Å². The first-order valence-electron chi connectivity index (χ1n) is 8.67. The molecule has 5 heteroatoms. The van der Waals surface area contributed by atoms with Gasteiger partial charge in [0.1, 0.15) is 5.82 Å². The highest BCUT2D eigenvalue weighted by Gasteiger charge is 2.20. The summed E-state index contributed by atoms with van der Waals surface area (Å²) in [6, 6.07) is 14.4. The first kappa shape index (κ1) is 18.1. The molecular formula is C21H24FN3O. The van der Waals surface area contributed by atoms with Crippen LogP contribution in [0.5, 0.6) is 0 Å². The minimum atomic E-state index is -0.294. The second kappa shape index (κ2) is 7.70. The largest absolute Gasteiger partial charge is 0.354 e. The third-order valence-electron chi connectivity index (χ3n) is 4.68. The highest BCUT2D eigenvalue weighted by atomic mass is 19.1. The summed E-state index contributed by atoms with van der Waals surface area (Å²) in [4.78, 5) is 14.4. The van der Waals surface area contributed by atoms with Gasteiger partial charge in [0.2, 0.25) is 5.91 Å². The van der Waals surface area contributed by atoms with Crippen LogP contribution in [0.25, 0.3) is 10.9 Å². The summed E-state index contributed by atoms with van der Waals surface area (Å²) in [5, 5.41) is 4.21. The molecular weight excluding hydrogens is 329 g/mol. The lowest BCUT2D eigenvalue weighted by atomic mass is 10.0. The number of aryl methyl sites for hydroxylation is 1. The van der Waals surface area contributed by atoms with Crippen molar-refractivity contribution < 1.29 is 9.18 Å². The maximum Gasteiger partial charge on any atom is 0.224 e. The molecule has 0 saturated carbocycles. The van der Waals surface area contributed by atoms with Gasteiger partial charge in [-0.1, -0.05) is 30.3 Å². The number of para-hydroxylation sites is 1. The zero-order chi connectivity index (χ0) is 18.7. The van der Waals surface area contributed by atoms with Gasteiger partial charge in [-0.2, -0.15) is 0 Å². The fourth-order valence-electron chi connectivity index (χ4n) is 3.27. The number of aromatic nitrogens is 1. The van der Waals surface area contributed by atoms with Crippen LogP contribution in [0.3, 0.4) is 0 Å². The molecule has 0 saturated heterocycles. The summed E-state index contributed by atoms with van der Waals surface area (Å²) in [6.07, 6.45) is 2.37. The number of benzene rings is 2. The second-order valence-corrected chi connectivity index (χ2v) is 6.80. The van der Waals surface area contributed by atoms with E-state index in [2.05, 4.69) is 33.1 Å². The molecule has 3 rings (SSSR count). The average molecular weight is 353 g/mol. The second-order valence-electron chi connectivity index (χ2n) is 6.80. The summed E-state index contributed by atoms with van der Waals surface area (Å²) < 4.78 is 15.1. The van der Waals surface area contributed by atoms with Gasteiger partial charge in [-0.05, 0) is 43.4 Å². The monoisotopic (exact) mass is 353 g/mol. The Morgan fingerprint density at radius 1 is 1.15 bits per heavy atom. The number of nitrogens with zero attached hydrogens (tertiary/aromatic N) is 2. The van der Waals surface area contributed by atoms with E-state index in [1.54, 1.807) is 12.1 Å². The lowest BCUT2D eigenvalue weighted by Gasteiger charge is -2.24. The predicted molar refractivity (Wildman–Crippen MR) is 102 cm³/mol. The number of hydrogen-bond donors (Lipinski definition) is 1. The standard InChI is InChI=1S/C21H24FN3O/c1-24(2)20(18-14-25(3)19-7-5-4-6-17(18)19)13-23-21(26)12-15-8-10-16(22)11-9-15/h4-11,14,20H,12-13H2,1-3H3,(H,23,26). The molecule has 1 unspecified atom stereocenters. The molecule has 0 fully saturated rings. The van der Waals surface area contributed by atoms with E-state index in [9.17, 15) is 9.18 Å². The number of carbonyl (C=O) groups excluding carboxylic acids is 1. The molecule has 136 valence electrons. The van der Waals surface area contributed by atoms with Crippen molar-refractivity contribution in [1.82, 2.24) is 14.8 Å². The van der Waals surface area contributed by atoms with Crippen LogP contribution in [0.15, 0.2) is 54.7 Å². The summed E-state index contributed by atoms with van der Waals surface area (Å²) in [6.45, 7) is 0.515. The third kappa shape index (κ3) is 3.94. The summed E-state index contributed by atoms with van der Waals surface area (Å²) in [7, 11) is 6.06. The van der Waals surface area contributed by atoms with E-state index in [0.717, 1.165) is 5.56 Å². The van der Waals surface area contributed by atoms with E-state index >= 15 is 0 Å². The van der Waals surface area contributed by atoms with Crippen molar-refractivity contribution in [3.8, 4) is 0 Å². The Morgan fingerprint density at radius 3 is 2.54 bits per heavy atom. The van der Waals surface area contributed by atoms with Gasteiger partial charge in [-0.15, -0.1) is 0 Å². The minimum Gasteiger partial charge on any atom is -0.354 e. The molecule has 26 heavy (non-hydrogen) atoms.